The first-order valence-corrected chi connectivity index (χ1v) is 9.38. The van der Waals surface area contributed by atoms with Gasteiger partial charge in [0.1, 0.15) is 11.3 Å². The molecule has 0 saturated carbocycles. The molecule has 28 heavy (non-hydrogen) atoms. The third-order valence-electron chi connectivity index (χ3n) is 4.78. The Labute approximate surface area is 165 Å². The standard InChI is InChI=1S/C22H25N3O3/c1-4-25(15-22(2,3)21(26)27)14-13-23-20-16-9-5-7-11-18(16)28-19-12-8-6-10-17(19)24-20/h1,5-12H,4,13-15H2,2-3H3,(H,23,24)(H,26,27)/p+1. The number of carbonyl (C=O) groups is 1. The lowest BCUT2D eigenvalue weighted by Gasteiger charge is -2.32. The number of carboxylic acids is 1. The highest BCUT2D eigenvalue weighted by Gasteiger charge is 2.27. The number of fused-ring (bicyclic) bond motifs is 2. The van der Waals surface area contributed by atoms with E-state index in [1.165, 1.54) is 0 Å². The highest BCUT2D eigenvalue weighted by molar-refractivity contribution is 5.91. The molecule has 6 nitrogen and oxygen atoms in total. The molecule has 0 aliphatic carbocycles. The summed E-state index contributed by atoms with van der Waals surface area (Å²) in [5.41, 5.74) is 0.929. The zero-order valence-electron chi connectivity index (χ0n) is 16.3. The fraction of sp³-hybridized carbons (Fsp3) is 0.318. The van der Waals surface area contributed by atoms with Gasteiger partial charge in [-0.05, 0) is 25.1 Å². The van der Waals surface area contributed by atoms with Gasteiger partial charge in [0.2, 0.25) is 0 Å². The van der Waals surface area contributed by atoms with E-state index in [0.29, 0.717) is 19.6 Å². The zero-order chi connectivity index (χ0) is 20.1. The molecule has 6 heteroatoms. The number of hydrogen-bond acceptors (Lipinski definition) is 4. The number of quaternary nitrogens is 1. The number of nitrogens with one attached hydrogen (secondary N) is 1. The van der Waals surface area contributed by atoms with Gasteiger partial charge in [0.25, 0.3) is 5.69 Å². The lowest BCUT2D eigenvalue weighted by molar-refractivity contribution is -0.589. The number of nitrogen functional groups attached to an aromatic ring is 1. The minimum absolute atomic E-state index is 0.288. The Hall–Kier alpha value is -2.70. The van der Waals surface area contributed by atoms with E-state index in [4.69, 9.17) is 11.7 Å². The summed E-state index contributed by atoms with van der Waals surface area (Å²) >= 11 is 0. The maximum Gasteiger partial charge on any atom is 0.375 e. The van der Waals surface area contributed by atoms with E-state index < -0.39 is 11.4 Å². The first kappa shape index (κ1) is 20.0. The van der Waals surface area contributed by atoms with Gasteiger partial charge in [-0.3, -0.25) is 10.2 Å². The third-order valence-corrected chi connectivity index (χ3v) is 4.78. The van der Waals surface area contributed by atoms with Gasteiger partial charge >= 0.3 is 5.84 Å². The number of aliphatic carboxylic acids is 1. The average Bonchev–Trinajstić information content (AvgIpc) is 2.83. The Morgan fingerprint density at radius 1 is 1.18 bits per heavy atom. The second-order valence-corrected chi connectivity index (χ2v) is 7.53. The Kier molecular flexibility index (Phi) is 6.11. The largest absolute Gasteiger partial charge is 0.550 e. The van der Waals surface area contributed by atoms with Crippen molar-refractivity contribution in [2.45, 2.75) is 13.8 Å². The molecule has 3 rings (SSSR count). The lowest BCUT2D eigenvalue weighted by Crippen LogP contribution is -2.99. The highest BCUT2D eigenvalue weighted by atomic mass is 16.5. The molecule has 0 saturated heterocycles. The molecule has 0 spiro atoms. The van der Waals surface area contributed by atoms with E-state index in [0.717, 1.165) is 28.6 Å². The molecular formula is C22H26N3O3+. The smallest absolute Gasteiger partial charge is 0.375 e. The molecule has 0 atom stereocenters. The second-order valence-electron chi connectivity index (χ2n) is 7.53. The van der Waals surface area contributed by atoms with Crippen LogP contribution in [0.25, 0.3) is 0 Å². The van der Waals surface area contributed by atoms with Gasteiger partial charge in [-0.15, -0.1) is 0 Å². The molecule has 0 bridgehead atoms. The minimum atomic E-state index is -1.07. The van der Waals surface area contributed by atoms with Crippen LogP contribution in [0.5, 0.6) is 11.5 Å². The van der Waals surface area contributed by atoms with Crippen LogP contribution in [0, 0.1) is 12.3 Å². The van der Waals surface area contributed by atoms with Crippen molar-refractivity contribution in [2.24, 2.45) is 5.41 Å². The molecule has 146 valence electrons. The van der Waals surface area contributed by atoms with Gasteiger partial charge < -0.3 is 14.6 Å². The van der Waals surface area contributed by atoms with E-state index in [9.17, 15) is 9.90 Å². The first-order valence-electron chi connectivity index (χ1n) is 9.38. The molecule has 1 heterocycles. The Morgan fingerprint density at radius 3 is 2.57 bits per heavy atom. The number of hydrogen-bond donors (Lipinski definition) is 2. The number of rotatable bonds is 7. The topological polar surface area (TPSA) is 83.2 Å². The average molecular weight is 380 g/mol. The maximum absolute atomic E-state index is 11.3. The quantitative estimate of drug-likeness (QED) is 0.666. The summed E-state index contributed by atoms with van der Waals surface area (Å²) in [7, 11) is 0. The minimum Gasteiger partial charge on any atom is -0.550 e. The van der Waals surface area contributed by atoms with Crippen molar-refractivity contribution in [3.63, 3.8) is 0 Å². The monoisotopic (exact) mass is 380 g/mol. The molecule has 1 aliphatic heterocycles. The van der Waals surface area contributed by atoms with Crippen molar-refractivity contribution in [1.82, 2.24) is 4.90 Å². The summed E-state index contributed by atoms with van der Waals surface area (Å²) in [6.45, 7) is 11.1. The Bertz CT molecular complexity index is 877. The SMILES string of the molecule is [CH]CN(CC[NH2+]C1=[NH+]c2ccccc2Oc2ccccc21)CC(C)(C)C(=O)[O-]. The van der Waals surface area contributed by atoms with Gasteiger partial charge in [0, 0.05) is 37.1 Å². The third kappa shape index (κ3) is 4.58. The summed E-state index contributed by atoms with van der Waals surface area (Å²) in [5, 5.41) is 13.4. The number of amidine groups is 1. The lowest BCUT2D eigenvalue weighted by atomic mass is 9.93. The van der Waals surface area contributed by atoms with Gasteiger partial charge in [-0.2, -0.15) is 4.99 Å². The van der Waals surface area contributed by atoms with Gasteiger partial charge in [-0.25, -0.2) is 0 Å². The molecule has 2 aromatic rings. The number of ether oxygens (including phenoxy) is 1. The van der Waals surface area contributed by atoms with E-state index in [1.807, 2.05) is 53.4 Å². The van der Waals surface area contributed by atoms with Crippen molar-refractivity contribution in [1.29, 1.82) is 0 Å². The van der Waals surface area contributed by atoms with Crippen molar-refractivity contribution in [3.05, 3.63) is 61.0 Å². The summed E-state index contributed by atoms with van der Waals surface area (Å²) < 4.78 is 6.07. The van der Waals surface area contributed by atoms with Crippen LogP contribution in [0.4, 0.5) is 5.69 Å². The van der Waals surface area contributed by atoms with Crippen LogP contribution >= 0.6 is 0 Å². The number of carboxylic acid groups (broad SMARTS) is 1. The number of nitrogens with zero attached hydrogens (tertiary/aromatic N) is 1. The van der Waals surface area contributed by atoms with Crippen molar-refractivity contribution < 1.29 is 24.9 Å². The van der Waals surface area contributed by atoms with Crippen molar-refractivity contribution >= 4 is 17.5 Å². The number of para-hydroxylation sites is 3. The molecule has 0 fully saturated rings. The fourth-order valence-corrected chi connectivity index (χ4v) is 3.18. The summed E-state index contributed by atoms with van der Waals surface area (Å²) in [6.07, 6.45) is 0. The van der Waals surface area contributed by atoms with E-state index in [1.54, 1.807) is 13.8 Å². The predicted octanol–water partition coefficient (Wildman–Crippen LogP) is -0.696. The van der Waals surface area contributed by atoms with Crippen LogP contribution in [0.1, 0.15) is 19.4 Å². The Balaban J connectivity index is 1.74. The Morgan fingerprint density at radius 2 is 1.86 bits per heavy atom. The van der Waals surface area contributed by atoms with Crippen LogP contribution in [0.2, 0.25) is 0 Å². The predicted molar refractivity (Wildman–Crippen MR) is 104 cm³/mol. The zero-order valence-corrected chi connectivity index (χ0v) is 16.3. The van der Waals surface area contributed by atoms with Crippen LogP contribution in [0.3, 0.4) is 0 Å². The van der Waals surface area contributed by atoms with Crippen LogP contribution in [0.15, 0.2) is 48.5 Å². The van der Waals surface area contributed by atoms with Crippen LogP contribution < -0.4 is 20.2 Å². The summed E-state index contributed by atoms with van der Waals surface area (Å²) in [4.78, 5) is 16.6. The highest BCUT2D eigenvalue weighted by Crippen LogP contribution is 2.29. The van der Waals surface area contributed by atoms with E-state index in [-0.39, 0.29) is 6.54 Å². The van der Waals surface area contributed by atoms with E-state index >= 15 is 0 Å². The first-order chi connectivity index (χ1) is 13.4. The van der Waals surface area contributed by atoms with Crippen LogP contribution in [-0.4, -0.2) is 42.9 Å². The second kappa shape index (κ2) is 8.54. The molecule has 2 radical (unpaired) electrons. The molecule has 1 aliphatic rings. The van der Waals surface area contributed by atoms with Gasteiger partial charge in [0.05, 0.1) is 6.54 Å². The number of carbonyl (C=O) groups excluding carboxylic acids is 1. The summed E-state index contributed by atoms with van der Waals surface area (Å²) in [6, 6.07) is 15.7. The molecular weight excluding hydrogens is 354 g/mol. The molecule has 3 N–H and O–H groups in total. The number of benzene rings is 2. The van der Waals surface area contributed by atoms with Crippen LogP contribution in [-0.2, 0) is 4.79 Å². The molecule has 0 amide bonds. The number of nitrogens with two attached hydrogens (primary N) is 1. The van der Waals surface area contributed by atoms with E-state index in [2.05, 4.69) is 10.3 Å². The van der Waals surface area contributed by atoms with Gasteiger partial charge in [-0.1, -0.05) is 38.1 Å². The molecule has 0 unspecified atom stereocenters. The maximum atomic E-state index is 11.3. The molecule has 0 aromatic heterocycles. The van der Waals surface area contributed by atoms with Crippen molar-refractivity contribution in [3.8, 4) is 11.5 Å². The van der Waals surface area contributed by atoms with Gasteiger partial charge in [0.15, 0.2) is 5.75 Å². The molecule has 2 aromatic carbocycles. The summed E-state index contributed by atoms with van der Waals surface area (Å²) in [5.74, 6) is 1.45. The fourth-order valence-electron chi connectivity index (χ4n) is 3.18. The normalized spacial score (nSPS) is 13.2. The van der Waals surface area contributed by atoms with Crippen molar-refractivity contribution in [2.75, 3.05) is 26.2 Å².